The van der Waals surface area contributed by atoms with Crippen LogP contribution in [0.1, 0.15) is 38.1 Å². The van der Waals surface area contributed by atoms with Gasteiger partial charge in [-0.25, -0.2) is 8.42 Å². The van der Waals surface area contributed by atoms with E-state index in [0.29, 0.717) is 9.58 Å². The van der Waals surface area contributed by atoms with Gasteiger partial charge in [0.15, 0.2) is 19.7 Å². The fourth-order valence-corrected chi connectivity index (χ4v) is 4.53. The smallest absolute Gasteiger partial charge is 0.600 e. The Morgan fingerprint density at radius 1 is 1.04 bits per heavy atom. The second-order valence-electron chi connectivity index (χ2n) is 6.59. The summed E-state index contributed by atoms with van der Waals surface area (Å²) in [6, 6.07) is 7.05. The third-order valence-corrected chi connectivity index (χ3v) is 6.50. The first kappa shape index (κ1) is 23.7. The number of halogens is 6. The minimum Gasteiger partial charge on any atom is -0.741 e. The molecule has 1 atom stereocenters. The van der Waals surface area contributed by atoms with Gasteiger partial charge in [-0.15, -0.1) is 13.2 Å². The van der Waals surface area contributed by atoms with Crippen molar-refractivity contribution in [3.8, 4) is 0 Å². The Hall–Kier alpha value is -1.33. The van der Waals surface area contributed by atoms with E-state index in [-0.39, 0.29) is 0 Å². The van der Waals surface area contributed by atoms with Crippen LogP contribution in [0.4, 0.5) is 26.3 Å². The molecule has 11 heteroatoms. The number of hydrogen-bond acceptors (Lipinski definition) is 3. The molecule has 0 radical (unpaired) electrons. The van der Waals surface area contributed by atoms with Crippen LogP contribution in [0.25, 0.3) is 10.1 Å². The van der Waals surface area contributed by atoms with Gasteiger partial charge in [-0.2, -0.15) is 13.2 Å². The van der Waals surface area contributed by atoms with Gasteiger partial charge in [-0.05, 0) is 18.1 Å². The molecule has 0 saturated heterocycles. The van der Waals surface area contributed by atoms with E-state index in [1.165, 1.54) is 0 Å². The lowest BCUT2D eigenvalue weighted by Crippen LogP contribution is -2.21. The average molecular weight is 436 g/mol. The molecule has 0 N–H and O–H groups in total. The van der Waals surface area contributed by atoms with Crippen molar-refractivity contribution in [2.75, 3.05) is 0 Å². The molecule has 154 valence electrons. The van der Waals surface area contributed by atoms with Gasteiger partial charge >= 0.3 is 11.0 Å². The number of benzene rings is 1. The lowest BCUT2D eigenvalue weighted by atomic mass is 9.94. The van der Waals surface area contributed by atoms with Crippen molar-refractivity contribution in [2.24, 2.45) is 0 Å². The predicted octanol–water partition coefficient (Wildman–Crippen LogP) is 5.98. The zero-order valence-electron chi connectivity index (χ0n) is 14.8. The topological polar surface area (TPSA) is 57.2 Å². The molecule has 0 aliphatic rings. The maximum Gasteiger partial charge on any atom is 0.600 e. The summed E-state index contributed by atoms with van der Waals surface area (Å²) in [5, 5.41) is 0.788. The summed E-state index contributed by atoms with van der Waals surface area (Å²) in [6.45, 7) is 7.52. The molecule has 0 saturated carbocycles. The van der Waals surface area contributed by atoms with Gasteiger partial charge in [0.1, 0.15) is 0 Å². The Bertz CT molecular complexity index is 903. The highest BCUT2D eigenvalue weighted by Crippen LogP contribution is 2.54. The summed E-state index contributed by atoms with van der Waals surface area (Å²) in [5.41, 5.74) is -9.31. The van der Waals surface area contributed by atoms with Crippen LogP contribution in [0.5, 0.6) is 0 Å². The number of aryl methyl sites for hydroxylation is 1. The molecule has 0 amide bonds. The van der Waals surface area contributed by atoms with Crippen LogP contribution in [0.2, 0.25) is 0 Å². The van der Waals surface area contributed by atoms with Crippen molar-refractivity contribution in [3.63, 3.8) is 0 Å². The first-order valence-corrected chi connectivity index (χ1v) is 10.2. The maximum atomic E-state index is 13.4. The lowest BCUT2D eigenvalue weighted by molar-refractivity contribution is -0.0869. The van der Waals surface area contributed by atoms with Gasteiger partial charge in [0.2, 0.25) is 0 Å². The highest BCUT2D eigenvalue weighted by molar-refractivity contribution is 7.86. The summed E-state index contributed by atoms with van der Waals surface area (Å²) in [7, 11) is -7.87. The van der Waals surface area contributed by atoms with E-state index >= 15 is 0 Å². The molecule has 27 heavy (non-hydrogen) atoms. The Balaban J connectivity index is 0.000000387. The van der Waals surface area contributed by atoms with Gasteiger partial charge in [0.25, 0.3) is 0 Å². The first-order valence-electron chi connectivity index (χ1n) is 7.58. The van der Waals surface area contributed by atoms with E-state index in [9.17, 15) is 26.3 Å². The molecule has 0 aliphatic heterocycles. The lowest BCUT2D eigenvalue weighted by Gasteiger charge is -2.13. The summed E-state index contributed by atoms with van der Waals surface area (Å²) in [4.78, 5) is 0.496. The van der Waals surface area contributed by atoms with Crippen LogP contribution in [0.15, 0.2) is 24.3 Å². The van der Waals surface area contributed by atoms with Crippen LogP contribution in [0, 0.1) is 0 Å². The van der Waals surface area contributed by atoms with Crippen LogP contribution in [0.3, 0.4) is 0 Å². The van der Waals surface area contributed by atoms with E-state index in [0.717, 1.165) is 17.4 Å². The van der Waals surface area contributed by atoms with Gasteiger partial charge in [0, 0.05) is 16.9 Å². The second kappa shape index (κ2) is 7.59. The molecule has 1 aromatic heterocycles. The molecule has 1 aromatic carbocycles. The van der Waals surface area contributed by atoms with Crippen molar-refractivity contribution < 1.29 is 39.3 Å². The fraction of sp³-hybridized carbons (Fsp3) is 0.500. The molecule has 1 heterocycles. The van der Waals surface area contributed by atoms with Gasteiger partial charge in [-0.1, -0.05) is 39.8 Å². The zero-order valence-corrected chi connectivity index (χ0v) is 16.5. The minimum atomic E-state index is -6.09. The number of alkyl halides is 6. The first-order chi connectivity index (χ1) is 11.9. The van der Waals surface area contributed by atoms with Crippen LogP contribution in [-0.4, -0.2) is 18.5 Å². The standard InChI is InChI=1S/C15H18F3S.CHF3O3S/c1-5-10-7-6-8-12-11(10)9-13(14(2,3)4)19(12)15(16,17)18;2-1(3,4)8(5,6)7/h6-9H,5H2,1-4H3;(H,5,6,7)/q+1;/p-1. The molecule has 0 fully saturated rings. The molecular formula is C16H18F6O3S2. The molecule has 0 bridgehead atoms. The Kier molecular flexibility index (Phi) is 6.67. The normalized spacial score (nSPS) is 14.1. The summed E-state index contributed by atoms with van der Waals surface area (Å²) in [6.07, 6.45) is 0.756. The highest BCUT2D eigenvalue weighted by Gasteiger charge is 2.50. The van der Waals surface area contributed by atoms with E-state index in [2.05, 4.69) is 0 Å². The molecule has 0 aliphatic carbocycles. The maximum absolute atomic E-state index is 13.4. The molecule has 2 aromatic rings. The van der Waals surface area contributed by atoms with E-state index in [1.54, 1.807) is 18.2 Å². The minimum absolute atomic E-state index is 0.441. The predicted molar refractivity (Wildman–Crippen MR) is 91.6 cm³/mol. The van der Waals surface area contributed by atoms with Gasteiger partial charge in [-0.3, -0.25) is 0 Å². The monoisotopic (exact) mass is 436 g/mol. The summed E-state index contributed by atoms with van der Waals surface area (Å²) < 4.78 is 99.6. The highest BCUT2D eigenvalue weighted by atomic mass is 32.2. The SMILES string of the molecule is CCc1cccc2c1cc(C(C)(C)C)[s+]2C(F)(F)F.O=S(=O)([O-])C(F)(F)F. The van der Waals surface area contributed by atoms with Crippen LogP contribution < -0.4 is 0 Å². The van der Waals surface area contributed by atoms with Crippen molar-refractivity contribution >= 4 is 30.7 Å². The Morgan fingerprint density at radius 3 is 1.85 bits per heavy atom. The molecular weight excluding hydrogens is 418 g/mol. The largest absolute Gasteiger partial charge is 0.741 e. The second-order valence-corrected chi connectivity index (χ2v) is 9.92. The Labute approximate surface area is 155 Å². The molecule has 0 spiro atoms. The number of thiophene rings is 1. The van der Waals surface area contributed by atoms with Crippen molar-refractivity contribution in [2.45, 2.75) is 50.5 Å². The Morgan fingerprint density at radius 2 is 1.52 bits per heavy atom. The quantitative estimate of drug-likeness (QED) is 0.239. The molecule has 1 unspecified atom stereocenters. The average Bonchev–Trinajstić information content (AvgIpc) is 2.85. The fourth-order valence-electron chi connectivity index (χ4n) is 2.32. The van der Waals surface area contributed by atoms with Crippen LogP contribution in [-0.2, 0) is 27.5 Å². The third kappa shape index (κ3) is 5.58. The van der Waals surface area contributed by atoms with Crippen LogP contribution >= 0.6 is 10.5 Å². The summed E-state index contributed by atoms with van der Waals surface area (Å²) in [5.74, 6) is 0. The van der Waals surface area contributed by atoms with Gasteiger partial charge < -0.3 is 4.55 Å². The number of fused-ring (bicyclic) bond motifs is 1. The van der Waals surface area contributed by atoms with Crippen molar-refractivity contribution in [1.82, 2.24) is 0 Å². The summed E-state index contributed by atoms with van der Waals surface area (Å²) >= 11 is 0. The number of hydrogen-bond donors (Lipinski definition) is 0. The molecule has 2 rings (SSSR count). The number of rotatable bonds is 1. The van der Waals surface area contributed by atoms with E-state index in [4.69, 9.17) is 13.0 Å². The van der Waals surface area contributed by atoms with Gasteiger partial charge in [0.05, 0.1) is 10.5 Å². The third-order valence-electron chi connectivity index (χ3n) is 3.51. The van der Waals surface area contributed by atoms with E-state index < -0.39 is 37.0 Å². The molecule has 3 nitrogen and oxygen atoms in total. The van der Waals surface area contributed by atoms with Crippen molar-refractivity contribution in [1.29, 1.82) is 0 Å². The zero-order chi connectivity index (χ0) is 21.4. The van der Waals surface area contributed by atoms with Crippen molar-refractivity contribution in [3.05, 3.63) is 34.7 Å². The van der Waals surface area contributed by atoms with E-state index in [1.807, 2.05) is 33.8 Å².